The number of nitrogens with zero attached hydrogens (tertiary/aromatic N) is 2. The molecule has 158 valence electrons. The Morgan fingerprint density at radius 2 is 1.80 bits per heavy atom. The monoisotopic (exact) mass is 409 g/mol. The van der Waals surface area contributed by atoms with Crippen LogP contribution in [0, 0.1) is 6.92 Å². The average Bonchev–Trinajstić information content (AvgIpc) is 3.16. The third-order valence-corrected chi connectivity index (χ3v) is 4.58. The fourth-order valence-electron chi connectivity index (χ4n) is 2.94. The van der Waals surface area contributed by atoms with Crippen molar-refractivity contribution in [3.8, 4) is 22.8 Å². The van der Waals surface area contributed by atoms with Crippen molar-refractivity contribution in [1.29, 1.82) is 0 Å². The van der Waals surface area contributed by atoms with Crippen molar-refractivity contribution in [3.63, 3.8) is 0 Å². The summed E-state index contributed by atoms with van der Waals surface area (Å²) in [6.45, 7) is 10.8. The molecule has 2 aromatic carbocycles. The van der Waals surface area contributed by atoms with E-state index in [-0.39, 0.29) is 23.7 Å². The minimum absolute atomic E-state index is 0.0610. The first-order valence-electron chi connectivity index (χ1n) is 9.87. The van der Waals surface area contributed by atoms with Gasteiger partial charge in [-0.25, -0.2) is 4.63 Å². The Morgan fingerprint density at radius 3 is 2.43 bits per heavy atom. The molecule has 7 heteroatoms. The summed E-state index contributed by atoms with van der Waals surface area (Å²) in [6.07, 6.45) is 0. The summed E-state index contributed by atoms with van der Waals surface area (Å²) >= 11 is 0. The maximum absolute atomic E-state index is 12.3. The smallest absolute Gasteiger partial charge is 0.263 e. The summed E-state index contributed by atoms with van der Waals surface area (Å²) in [6, 6.07) is 13.3. The predicted molar refractivity (Wildman–Crippen MR) is 115 cm³/mol. The van der Waals surface area contributed by atoms with Gasteiger partial charge in [-0.3, -0.25) is 4.79 Å². The maximum atomic E-state index is 12.3. The second-order valence-corrected chi connectivity index (χ2v) is 7.99. The van der Waals surface area contributed by atoms with E-state index in [2.05, 4.69) is 36.4 Å². The molecular formula is C23H27N3O4. The van der Waals surface area contributed by atoms with Crippen LogP contribution in [-0.2, 0) is 10.2 Å². The summed E-state index contributed by atoms with van der Waals surface area (Å²) in [5, 5.41) is 10.4. The summed E-state index contributed by atoms with van der Waals surface area (Å²) in [4.78, 5) is 12.3. The molecule has 30 heavy (non-hydrogen) atoms. The molecule has 0 aliphatic rings. The molecule has 0 unspecified atom stereocenters. The summed E-state index contributed by atoms with van der Waals surface area (Å²) < 4.78 is 16.0. The van der Waals surface area contributed by atoms with E-state index in [0.29, 0.717) is 18.1 Å². The Morgan fingerprint density at radius 1 is 1.07 bits per heavy atom. The molecule has 3 aromatic rings. The number of ether oxygens (including phenoxy) is 2. The fourth-order valence-corrected chi connectivity index (χ4v) is 2.94. The van der Waals surface area contributed by atoms with Crippen LogP contribution >= 0.6 is 0 Å². The predicted octanol–water partition coefficient (Wildman–Crippen LogP) is 4.76. The molecule has 0 aliphatic heterocycles. The topological polar surface area (TPSA) is 86.5 Å². The molecule has 1 aromatic heterocycles. The molecule has 0 atom stereocenters. The Balaban J connectivity index is 1.63. The van der Waals surface area contributed by atoms with E-state index in [9.17, 15) is 4.79 Å². The first-order chi connectivity index (χ1) is 14.3. The summed E-state index contributed by atoms with van der Waals surface area (Å²) in [5.74, 6) is 1.32. The molecule has 0 fully saturated rings. The molecule has 0 saturated carbocycles. The van der Waals surface area contributed by atoms with Crippen molar-refractivity contribution >= 4 is 11.7 Å². The quantitative estimate of drug-likeness (QED) is 0.605. The summed E-state index contributed by atoms with van der Waals surface area (Å²) in [7, 11) is 0. The number of aromatic nitrogens is 2. The highest BCUT2D eigenvalue weighted by Crippen LogP contribution is 2.29. The van der Waals surface area contributed by atoms with Gasteiger partial charge in [0, 0.05) is 5.56 Å². The molecule has 0 saturated heterocycles. The van der Waals surface area contributed by atoms with Crippen molar-refractivity contribution in [2.45, 2.75) is 40.0 Å². The Bertz CT molecular complexity index is 1000. The van der Waals surface area contributed by atoms with E-state index < -0.39 is 0 Å². The number of aryl methyl sites for hydroxylation is 1. The second kappa shape index (κ2) is 8.98. The molecule has 0 spiro atoms. The number of benzene rings is 2. The van der Waals surface area contributed by atoms with Crippen molar-refractivity contribution in [2.75, 3.05) is 18.5 Å². The molecule has 3 rings (SSSR count). The van der Waals surface area contributed by atoms with Crippen molar-refractivity contribution in [3.05, 3.63) is 53.6 Å². The molecule has 1 heterocycles. The minimum Gasteiger partial charge on any atom is -0.494 e. The lowest BCUT2D eigenvalue weighted by atomic mass is 9.87. The number of carbonyl (C=O) groups is 1. The van der Waals surface area contributed by atoms with Crippen LogP contribution in [0.25, 0.3) is 11.3 Å². The Kier molecular flexibility index (Phi) is 6.40. The van der Waals surface area contributed by atoms with Crippen LogP contribution < -0.4 is 14.8 Å². The zero-order chi connectivity index (χ0) is 21.7. The first-order valence-corrected chi connectivity index (χ1v) is 9.87. The molecule has 1 amide bonds. The number of amides is 1. The third-order valence-electron chi connectivity index (χ3n) is 4.58. The van der Waals surface area contributed by atoms with Gasteiger partial charge in [-0.05, 0) is 71.0 Å². The standard InChI is InChI=1S/C23H27N3O4/c1-6-28-19-12-7-16(13-15(19)2)21-22(26-30-25-21)24-20(27)14-29-18-10-8-17(9-11-18)23(3,4)5/h7-13H,6,14H2,1-5H3,(H,24,26,27). The van der Waals surface area contributed by atoms with Crippen molar-refractivity contribution in [2.24, 2.45) is 0 Å². The van der Waals surface area contributed by atoms with E-state index in [4.69, 9.17) is 14.1 Å². The lowest BCUT2D eigenvalue weighted by Crippen LogP contribution is -2.20. The number of carbonyl (C=O) groups excluding carboxylic acids is 1. The van der Waals surface area contributed by atoms with Crippen molar-refractivity contribution < 1.29 is 18.9 Å². The van der Waals surface area contributed by atoms with Crippen LogP contribution in [0.5, 0.6) is 11.5 Å². The van der Waals surface area contributed by atoms with Crippen molar-refractivity contribution in [1.82, 2.24) is 10.3 Å². The maximum Gasteiger partial charge on any atom is 0.263 e. The Labute approximate surface area is 176 Å². The molecule has 0 radical (unpaired) electrons. The number of hydrogen-bond acceptors (Lipinski definition) is 6. The molecule has 7 nitrogen and oxygen atoms in total. The van der Waals surface area contributed by atoms with Gasteiger partial charge >= 0.3 is 0 Å². The van der Waals surface area contributed by atoms with Gasteiger partial charge in [0.25, 0.3) is 5.91 Å². The first kappa shape index (κ1) is 21.4. The van der Waals surface area contributed by atoms with E-state index in [1.54, 1.807) is 0 Å². The van der Waals surface area contributed by atoms with Crippen LogP contribution in [0.15, 0.2) is 47.1 Å². The second-order valence-electron chi connectivity index (χ2n) is 7.99. The molecule has 0 aliphatic carbocycles. The molecule has 1 N–H and O–H groups in total. The summed E-state index contributed by atoms with van der Waals surface area (Å²) in [5.41, 5.74) is 3.43. The van der Waals surface area contributed by atoms with Crippen LogP contribution in [0.2, 0.25) is 0 Å². The van der Waals surface area contributed by atoms with Gasteiger partial charge in [-0.15, -0.1) is 0 Å². The van der Waals surface area contributed by atoms with E-state index in [0.717, 1.165) is 16.9 Å². The van der Waals surface area contributed by atoms with Gasteiger partial charge in [-0.1, -0.05) is 32.9 Å². The third kappa shape index (κ3) is 5.17. The van der Waals surface area contributed by atoms with Gasteiger partial charge in [0.2, 0.25) is 5.82 Å². The molecule has 0 bridgehead atoms. The number of hydrogen-bond donors (Lipinski definition) is 1. The van der Waals surface area contributed by atoms with Crippen LogP contribution in [0.3, 0.4) is 0 Å². The highest BCUT2D eigenvalue weighted by Gasteiger charge is 2.17. The van der Waals surface area contributed by atoms with Gasteiger partial charge in [0.15, 0.2) is 12.3 Å². The normalized spacial score (nSPS) is 11.2. The van der Waals surface area contributed by atoms with Gasteiger partial charge in [0.05, 0.1) is 6.61 Å². The van der Waals surface area contributed by atoms with Gasteiger partial charge < -0.3 is 14.8 Å². The number of anilines is 1. The lowest BCUT2D eigenvalue weighted by molar-refractivity contribution is -0.118. The van der Waals surface area contributed by atoms with Gasteiger partial charge in [-0.2, -0.15) is 0 Å². The largest absolute Gasteiger partial charge is 0.494 e. The lowest BCUT2D eigenvalue weighted by Gasteiger charge is -2.19. The fraction of sp³-hybridized carbons (Fsp3) is 0.348. The minimum atomic E-state index is -0.352. The van der Waals surface area contributed by atoms with E-state index in [1.165, 1.54) is 5.56 Å². The van der Waals surface area contributed by atoms with Crippen LogP contribution in [0.1, 0.15) is 38.8 Å². The zero-order valence-corrected chi connectivity index (χ0v) is 18.0. The Hall–Kier alpha value is -3.35. The highest BCUT2D eigenvalue weighted by molar-refractivity contribution is 5.94. The SMILES string of the molecule is CCOc1ccc(-c2nonc2NC(=O)COc2ccc(C(C)(C)C)cc2)cc1C. The van der Waals surface area contributed by atoms with E-state index >= 15 is 0 Å². The molecular weight excluding hydrogens is 382 g/mol. The van der Waals surface area contributed by atoms with Crippen LogP contribution in [0.4, 0.5) is 5.82 Å². The van der Waals surface area contributed by atoms with Crippen LogP contribution in [-0.4, -0.2) is 29.4 Å². The number of nitrogens with one attached hydrogen (secondary N) is 1. The average molecular weight is 409 g/mol. The van der Waals surface area contributed by atoms with Gasteiger partial charge in [0.1, 0.15) is 11.5 Å². The van der Waals surface area contributed by atoms with E-state index in [1.807, 2.05) is 56.3 Å². The highest BCUT2D eigenvalue weighted by atomic mass is 16.6. The number of rotatable bonds is 7. The zero-order valence-electron chi connectivity index (χ0n) is 18.0.